The molecule has 6 nitrogen and oxygen atoms in total. The van der Waals surface area contributed by atoms with Gasteiger partial charge in [-0.15, -0.1) is 0 Å². The Hall–Kier alpha value is -2.89. The highest BCUT2D eigenvalue weighted by Gasteiger charge is 2.40. The Labute approximate surface area is 125 Å². The molecule has 6 heteroatoms. The molecule has 1 atom stereocenters. The topological polar surface area (TPSA) is 86.7 Å². The third-order valence-electron chi connectivity index (χ3n) is 4.17. The largest absolute Gasteiger partial charge is 0.508 e. The number of rotatable bonds is 1. The number of nitrogens with zero attached hydrogens (tertiary/aromatic N) is 1. The molecule has 1 fully saturated rings. The zero-order chi connectivity index (χ0) is 15.4. The van der Waals surface area contributed by atoms with Crippen LogP contribution in [-0.4, -0.2) is 28.9 Å². The molecule has 0 aliphatic carbocycles. The number of phenolic OH excluding ortho intramolecular Hbond substituents is 1. The second-order valence-electron chi connectivity index (χ2n) is 5.51. The average molecular weight is 296 g/mol. The molecule has 22 heavy (non-hydrogen) atoms. The molecule has 1 saturated heterocycles. The summed E-state index contributed by atoms with van der Waals surface area (Å²) in [7, 11) is 0. The van der Waals surface area contributed by atoms with Crippen molar-refractivity contribution < 1.29 is 19.5 Å². The fourth-order valence-electron chi connectivity index (χ4n) is 3.24. The van der Waals surface area contributed by atoms with Crippen molar-refractivity contribution in [3.63, 3.8) is 0 Å². The van der Waals surface area contributed by atoms with Crippen LogP contribution in [0.2, 0.25) is 0 Å². The second-order valence-corrected chi connectivity index (χ2v) is 5.51. The normalized spacial score (nSPS) is 20.6. The van der Waals surface area contributed by atoms with Gasteiger partial charge in [-0.1, -0.05) is 12.1 Å². The molecule has 3 amide bonds. The number of amides is 3. The van der Waals surface area contributed by atoms with Crippen molar-refractivity contribution in [3.8, 4) is 5.75 Å². The van der Waals surface area contributed by atoms with E-state index in [-0.39, 0.29) is 24.0 Å². The summed E-state index contributed by atoms with van der Waals surface area (Å²) in [6, 6.07) is 7.66. The summed E-state index contributed by atoms with van der Waals surface area (Å²) >= 11 is 0. The van der Waals surface area contributed by atoms with E-state index in [9.17, 15) is 19.5 Å². The van der Waals surface area contributed by atoms with Gasteiger partial charge in [-0.2, -0.15) is 0 Å². The molecule has 0 bridgehead atoms. The number of piperidine rings is 1. The summed E-state index contributed by atoms with van der Waals surface area (Å²) in [6.07, 6.45) is 0.504. The molecule has 0 saturated carbocycles. The van der Waals surface area contributed by atoms with Crippen molar-refractivity contribution in [1.82, 2.24) is 5.32 Å². The Bertz CT molecular complexity index is 859. The standard InChI is InChI=1S/C16H12N2O4/c19-9-6-8-2-1-3-11-14(8)10(7-9)16(22)18(11)12-4-5-13(20)17-15(12)21/h1-3,6-7,12,19H,4-5H2,(H,17,20,21). The number of hydrogen-bond donors (Lipinski definition) is 2. The van der Waals surface area contributed by atoms with E-state index in [0.29, 0.717) is 17.7 Å². The van der Waals surface area contributed by atoms with Crippen LogP contribution >= 0.6 is 0 Å². The fourth-order valence-corrected chi connectivity index (χ4v) is 3.24. The Morgan fingerprint density at radius 1 is 1.18 bits per heavy atom. The predicted octanol–water partition coefficient (Wildman–Crippen LogP) is 1.31. The number of hydrogen-bond acceptors (Lipinski definition) is 4. The van der Waals surface area contributed by atoms with Gasteiger partial charge in [0.1, 0.15) is 11.8 Å². The summed E-state index contributed by atoms with van der Waals surface area (Å²) in [5.41, 5.74) is 1.03. The van der Waals surface area contributed by atoms with Gasteiger partial charge in [0.2, 0.25) is 11.8 Å². The number of carbonyl (C=O) groups is 3. The molecule has 2 aromatic carbocycles. The maximum absolute atomic E-state index is 12.7. The fraction of sp³-hybridized carbons (Fsp3) is 0.188. The van der Waals surface area contributed by atoms with Crippen molar-refractivity contribution in [1.29, 1.82) is 0 Å². The van der Waals surface area contributed by atoms with Crippen LogP contribution in [-0.2, 0) is 9.59 Å². The molecule has 2 aliphatic rings. The van der Waals surface area contributed by atoms with Crippen molar-refractivity contribution >= 4 is 34.2 Å². The van der Waals surface area contributed by atoms with Crippen LogP contribution in [0, 0.1) is 0 Å². The minimum absolute atomic E-state index is 0.0122. The number of phenols is 1. The average Bonchev–Trinajstić information content (AvgIpc) is 2.74. The smallest absolute Gasteiger partial charge is 0.259 e. The predicted molar refractivity (Wildman–Crippen MR) is 78.6 cm³/mol. The van der Waals surface area contributed by atoms with Crippen molar-refractivity contribution in [2.75, 3.05) is 4.90 Å². The van der Waals surface area contributed by atoms with Gasteiger partial charge in [0.15, 0.2) is 0 Å². The molecule has 2 aromatic rings. The number of nitrogens with one attached hydrogen (secondary N) is 1. The lowest BCUT2D eigenvalue weighted by atomic mass is 10.0. The van der Waals surface area contributed by atoms with Crippen molar-refractivity contribution in [3.05, 3.63) is 35.9 Å². The molecule has 4 rings (SSSR count). The summed E-state index contributed by atoms with van der Waals surface area (Å²) < 4.78 is 0. The Kier molecular flexibility index (Phi) is 2.51. The second kappa shape index (κ2) is 4.30. The highest BCUT2D eigenvalue weighted by molar-refractivity contribution is 6.27. The van der Waals surface area contributed by atoms with Gasteiger partial charge in [0.25, 0.3) is 5.91 Å². The van der Waals surface area contributed by atoms with Crippen molar-refractivity contribution in [2.45, 2.75) is 18.9 Å². The first kappa shape index (κ1) is 12.8. The summed E-state index contributed by atoms with van der Waals surface area (Å²) in [4.78, 5) is 37.5. The number of benzene rings is 2. The van der Waals surface area contributed by atoms with Crippen LogP contribution in [0.1, 0.15) is 23.2 Å². The van der Waals surface area contributed by atoms with Gasteiger partial charge in [-0.05, 0) is 30.0 Å². The first-order chi connectivity index (χ1) is 10.6. The van der Waals surface area contributed by atoms with Crippen LogP contribution in [0.4, 0.5) is 5.69 Å². The van der Waals surface area contributed by atoms with E-state index in [1.807, 2.05) is 6.07 Å². The Balaban J connectivity index is 1.88. The Morgan fingerprint density at radius 2 is 2.00 bits per heavy atom. The molecule has 0 spiro atoms. The highest BCUT2D eigenvalue weighted by atomic mass is 16.3. The SMILES string of the molecule is O=C1CCC(N2C(=O)c3cc(O)cc4cccc2c34)C(=O)N1. The minimum atomic E-state index is -0.703. The molecule has 0 aromatic heterocycles. The highest BCUT2D eigenvalue weighted by Crippen LogP contribution is 2.41. The first-order valence-electron chi connectivity index (χ1n) is 6.99. The molecular weight excluding hydrogens is 284 g/mol. The van der Waals surface area contributed by atoms with Crippen molar-refractivity contribution in [2.24, 2.45) is 0 Å². The zero-order valence-electron chi connectivity index (χ0n) is 11.5. The lowest BCUT2D eigenvalue weighted by Crippen LogP contribution is -2.53. The van der Waals surface area contributed by atoms with E-state index in [1.54, 1.807) is 18.2 Å². The lowest BCUT2D eigenvalue weighted by molar-refractivity contribution is -0.134. The van der Waals surface area contributed by atoms with Crippen LogP contribution in [0.3, 0.4) is 0 Å². The monoisotopic (exact) mass is 296 g/mol. The number of imide groups is 1. The van der Waals surface area contributed by atoms with Gasteiger partial charge < -0.3 is 5.11 Å². The quantitative estimate of drug-likeness (QED) is 0.777. The van der Waals surface area contributed by atoms with Gasteiger partial charge in [-0.25, -0.2) is 0 Å². The maximum atomic E-state index is 12.7. The molecule has 0 radical (unpaired) electrons. The lowest BCUT2D eigenvalue weighted by Gasteiger charge is -2.30. The molecule has 2 N–H and O–H groups in total. The van der Waals surface area contributed by atoms with E-state index in [0.717, 1.165) is 10.8 Å². The van der Waals surface area contributed by atoms with Gasteiger partial charge in [-0.3, -0.25) is 24.6 Å². The van der Waals surface area contributed by atoms with Gasteiger partial charge in [0, 0.05) is 11.8 Å². The van der Waals surface area contributed by atoms with Crippen LogP contribution in [0.25, 0.3) is 10.8 Å². The number of anilines is 1. The van der Waals surface area contributed by atoms with E-state index in [1.165, 1.54) is 11.0 Å². The van der Waals surface area contributed by atoms with Gasteiger partial charge in [0.05, 0.1) is 11.3 Å². The first-order valence-corrected chi connectivity index (χ1v) is 6.99. The van der Waals surface area contributed by atoms with Crippen LogP contribution in [0.15, 0.2) is 30.3 Å². The molecule has 2 heterocycles. The molecular formula is C16H12N2O4. The summed E-state index contributed by atoms with van der Waals surface area (Å²) in [5.74, 6) is -1.09. The molecule has 110 valence electrons. The molecule has 1 unspecified atom stereocenters. The van der Waals surface area contributed by atoms with Crippen LogP contribution in [0.5, 0.6) is 5.75 Å². The maximum Gasteiger partial charge on any atom is 0.259 e. The summed E-state index contributed by atoms with van der Waals surface area (Å²) in [5, 5.41) is 13.5. The Morgan fingerprint density at radius 3 is 2.77 bits per heavy atom. The van der Waals surface area contributed by atoms with E-state index < -0.39 is 11.9 Å². The van der Waals surface area contributed by atoms with E-state index in [4.69, 9.17) is 0 Å². The van der Waals surface area contributed by atoms with E-state index in [2.05, 4.69) is 5.32 Å². The number of carbonyl (C=O) groups excluding carboxylic acids is 3. The molecule has 2 aliphatic heterocycles. The van der Waals surface area contributed by atoms with E-state index >= 15 is 0 Å². The summed E-state index contributed by atoms with van der Waals surface area (Å²) in [6.45, 7) is 0. The number of aromatic hydroxyl groups is 1. The van der Waals surface area contributed by atoms with Gasteiger partial charge >= 0.3 is 0 Å². The third-order valence-corrected chi connectivity index (χ3v) is 4.17. The third kappa shape index (κ3) is 1.64. The minimum Gasteiger partial charge on any atom is -0.508 e. The van der Waals surface area contributed by atoms with Crippen LogP contribution < -0.4 is 10.2 Å². The zero-order valence-corrected chi connectivity index (χ0v) is 11.5.